The predicted molar refractivity (Wildman–Crippen MR) is 120 cm³/mol. The van der Waals surface area contributed by atoms with E-state index in [1.165, 1.54) is 4.90 Å². The Kier molecular flexibility index (Phi) is 5.42. The molecular weight excluding hydrogens is 396 g/mol. The molecule has 0 aliphatic carbocycles. The molecule has 0 bridgehead atoms. The van der Waals surface area contributed by atoms with Gasteiger partial charge < -0.3 is 5.32 Å². The third-order valence-corrected chi connectivity index (χ3v) is 5.38. The summed E-state index contributed by atoms with van der Waals surface area (Å²) in [7, 11) is 0. The number of hydrogen-bond acceptors (Lipinski definition) is 3. The third-order valence-electron chi connectivity index (χ3n) is 5.13. The van der Waals surface area contributed by atoms with Gasteiger partial charge in [0.15, 0.2) is 0 Å². The van der Waals surface area contributed by atoms with Crippen molar-refractivity contribution in [2.45, 2.75) is 20.4 Å². The predicted octanol–water partition coefficient (Wildman–Crippen LogP) is 5.35. The lowest BCUT2D eigenvalue weighted by atomic mass is 10.0. The molecule has 0 spiro atoms. The monoisotopic (exact) mass is 416 g/mol. The standard InChI is InChI=1S/C25H21ClN2O2/c1-16-8-13-21(17(2)14-16)27-23-22(19-9-11-20(26)12-10-19)24(29)28(25(23)30)15-18-6-4-3-5-7-18/h3-14,27H,15H2,1-2H3. The van der Waals surface area contributed by atoms with E-state index in [9.17, 15) is 9.59 Å². The van der Waals surface area contributed by atoms with Gasteiger partial charge in [0.2, 0.25) is 0 Å². The van der Waals surface area contributed by atoms with Gasteiger partial charge in [0.1, 0.15) is 5.70 Å². The molecule has 0 atom stereocenters. The number of rotatable bonds is 5. The lowest BCUT2D eigenvalue weighted by Crippen LogP contribution is -2.32. The second-order valence-corrected chi connectivity index (χ2v) is 7.82. The Hall–Kier alpha value is -3.37. The molecule has 0 saturated carbocycles. The number of aryl methyl sites for hydroxylation is 2. The number of imide groups is 1. The smallest absolute Gasteiger partial charge is 0.278 e. The summed E-state index contributed by atoms with van der Waals surface area (Å²) >= 11 is 6.03. The fourth-order valence-electron chi connectivity index (χ4n) is 3.57. The summed E-state index contributed by atoms with van der Waals surface area (Å²) in [6.07, 6.45) is 0. The van der Waals surface area contributed by atoms with Crippen LogP contribution in [0.25, 0.3) is 5.57 Å². The molecule has 3 aromatic carbocycles. The van der Waals surface area contributed by atoms with Crippen LogP contribution in [0.5, 0.6) is 0 Å². The molecule has 1 aliphatic rings. The Labute approximate surface area is 180 Å². The molecule has 4 nitrogen and oxygen atoms in total. The van der Waals surface area contributed by atoms with Gasteiger partial charge in [0.05, 0.1) is 12.1 Å². The highest BCUT2D eigenvalue weighted by atomic mass is 35.5. The summed E-state index contributed by atoms with van der Waals surface area (Å²) in [6.45, 7) is 4.20. The van der Waals surface area contributed by atoms with Crippen molar-refractivity contribution in [1.82, 2.24) is 4.90 Å². The van der Waals surface area contributed by atoms with E-state index in [1.807, 2.05) is 62.4 Å². The van der Waals surface area contributed by atoms with E-state index in [1.54, 1.807) is 24.3 Å². The van der Waals surface area contributed by atoms with Gasteiger partial charge in [-0.1, -0.05) is 71.8 Å². The first-order chi connectivity index (χ1) is 14.4. The number of nitrogens with one attached hydrogen (secondary N) is 1. The largest absolute Gasteiger partial charge is 0.350 e. The normalized spacial score (nSPS) is 13.9. The Morgan fingerprint density at radius 2 is 1.57 bits per heavy atom. The number of halogens is 1. The van der Waals surface area contributed by atoms with Crippen LogP contribution in [0.15, 0.2) is 78.5 Å². The van der Waals surface area contributed by atoms with E-state index in [4.69, 9.17) is 11.6 Å². The Morgan fingerprint density at radius 1 is 0.867 bits per heavy atom. The number of nitrogens with zero attached hydrogens (tertiary/aromatic N) is 1. The van der Waals surface area contributed by atoms with E-state index in [-0.39, 0.29) is 24.1 Å². The fourth-order valence-corrected chi connectivity index (χ4v) is 3.70. The molecule has 0 radical (unpaired) electrons. The molecule has 2 amide bonds. The minimum absolute atomic E-state index is 0.216. The summed E-state index contributed by atoms with van der Waals surface area (Å²) in [6, 6.07) is 22.4. The summed E-state index contributed by atoms with van der Waals surface area (Å²) < 4.78 is 0. The van der Waals surface area contributed by atoms with Gasteiger partial charge in [-0.2, -0.15) is 0 Å². The van der Waals surface area contributed by atoms with E-state index in [0.717, 1.165) is 22.4 Å². The van der Waals surface area contributed by atoms with Crippen LogP contribution in [0, 0.1) is 13.8 Å². The zero-order valence-electron chi connectivity index (χ0n) is 16.8. The van der Waals surface area contributed by atoms with E-state index in [2.05, 4.69) is 5.32 Å². The maximum atomic E-state index is 13.3. The van der Waals surface area contributed by atoms with Crippen LogP contribution in [0.4, 0.5) is 5.69 Å². The van der Waals surface area contributed by atoms with Crippen molar-refractivity contribution >= 4 is 34.7 Å². The van der Waals surface area contributed by atoms with Crippen molar-refractivity contribution < 1.29 is 9.59 Å². The molecule has 150 valence electrons. The van der Waals surface area contributed by atoms with Crippen molar-refractivity contribution in [3.05, 3.63) is 106 Å². The number of hydrogen-bond donors (Lipinski definition) is 1. The number of carbonyl (C=O) groups excluding carboxylic acids is 2. The minimum Gasteiger partial charge on any atom is -0.350 e. The van der Waals surface area contributed by atoms with Gasteiger partial charge in [-0.25, -0.2) is 0 Å². The Bertz CT molecular complexity index is 1150. The van der Waals surface area contributed by atoms with Crippen molar-refractivity contribution in [2.24, 2.45) is 0 Å². The third kappa shape index (κ3) is 3.87. The van der Waals surface area contributed by atoms with Gasteiger partial charge in [-0.15, -0.1) is 0 Å². The van der Waals surface area contributed by atoms with Crippen LogP contribution in [0.1, 0.15) is 22.3 Å². The lowest BCUT2D eigenvalue weighted by Gasteiger charge is -2.16. The summed E-state index contributed by atoms with van der Waals surface area (Å²) in [5, 5.41) is 3.80. The van der Waals surface area contributed by atoms with Crippen molar-refractivity contribution in [2.75, 3.05) is 5.32 Å². The zero-order chi connectivity index (χ0) is 21.3. The zero-order valence-corrected chi connectivity index (χ0v) is 17.5. The fraction of sp³-hybridized carbons (Fsp3) is 0.120. The van der Waals surface area contributed by atoms with Gasteiger partial charge in [-0.3, -0.25) is 14.5 Å². The van der Waals surface area contributed by atoms with Gasteiger partial charge in [0, 0.05) is 10.7 Å². The second kappa shape index (κ2) is 8.17. The minimum atomic E-state index is -0.339. The number of benzene rings is 3. The molecule has 0 fully saturated rings. The van der Waals surface area contributed by atoms with E-state index >= 15 is 0 Å². The highest BCUT2D eigenvalue weighted by Crippen LogP contribution is 2.32. The molecule has 3 aromatic rings. The quantitative estimate of drug-likeness (QED) is 0.570. The second-order valence-electron chi connectivity index (χ2n) is 7.38. The maximum absolute atomic E-state index is 13.3. The SMILES string of the molecule is Cc1ccc(NC2=C(c3ccc(Cl)cc3)C(=O)N(Cc3ccccc3)C2=O)c(C)c1. The molecule has 1 aliphatic heterocycles. The Balaban J connectivity index is 1.76. The summed E-state index contributed by atoms with van der Waals surface area (Å²) in [4.78, 5) is 27.9. The number of carbonyl (C=O) groups is 2. The maximum Gasteiger partial charge on any atom is 0.278 e. The highest BCUT2D eigenvalue weighted by Gasteiger charge is 2.39. The first-order valence-electron chi connectivity index (χ1n) is 9.68. The molecule has 0 unspecified atom stereocenters. The number of anilines is 1. The van der Waals surface area contributed by atoms with Gasteiger partial charge >= 0.3 is 0 Å². The van der Waals surface area contributed by atoms with Crippen LogP contribution in [-0.2, 0) is 16.1 Å². The number of amides is 2. The van der Waals surface area contributed by atoms with Crippen molar-refractivity contribution in [1.29, 1.82) is 0 Å². The first-order valence-corrected chi connectivity index (χ1v) is 10.1. The van der Waals surface area contributed by atoms with Crippen molar-refractivity contribution in [3.63, 3.8) is 0 Å². The van der Waals surface area contributed by atoms with E-state index < -0.39 is 0 Å². The molecule has 1 N–H and O–H groups in total. The average molecular weight is 417 g/mol. The van der Waals surface area contributed by atoms with E-state index in [0.29, 0.717) is 16.2 Å². The molecule has 4 rings (SSSR count). The first kappa shape index (κ1) is 19.9. The molecule has 0 aromatic heterocycles. The van der Waals surface area contributed by atoms with Crippen LogP contribution in [-0.4, -0.2) is 16.7 Å². The summed E-state index contributed by atoms with van der Waals surface area (Å²) in [5.74, 6) is -0.660. The molecule has 1 heterocycles. The van der Waals surface area contributed by atoms with Crippen LogP contribution >= 0.6 is 11.6 Å². The van der Waals surface area contributed by atoms with Gasteiger partial charge in [-0.05, 0) is 48.7 Å². The van der Waals surface area contributed by atoms with Crippen molar-refractivity contribution in [3.8, 4) is 0 Å². The average Bonchev–Trinajstić information content (AvgIpc) is 2.96. The highest BCUT2D eigenvalue weighted by molar-refractivity contribution is 6.36. The van der Waals surface area contributed by atoms with Gasteiger partial charge in [0.25, 0.3) is 11.8 Å². The summed E-state index contributed by atoms with van der Waals surface area (Å²) in [5.41, 5.74) is 5.11. The van der Waals surface area contributed by atoms with Crippen LogP contribution in [0.2, 0.25) is 5.02 Å². The van der Waals surface area contributed by atoms with Crippen LogP contribution < -0.4 is 5.32 Å². The topological polar surface area (TPSA) is 49.4 Å². The lowest BCUT2D eigenvalue weighted by molar-refractivity contribution is -0.137. The molecular formula is C25H21ClN2O2. The molecule has 30 heavy (non-hydrogen) atoms. The molecule has 0 saturated heterocycles. The Morgan fingerprint density at radius 3 is 2.23 bits per heavy atom. The molecule has 5 heteroatoms. The van der Waals surface area contributed by atoms with Crippen LogP contribution in [0.3, 0.4) is 0 Å².